The van der Waals surface area contributed by atoms with Gasteiger partial charge >= 0.3 is 0 Å². The second-order valence-electron chi connectivity index (χ2n) is 5.21. The third-order valence-corrected chi connectivity index (χ3v) is 3.27. The smallest absolute Gasteiger partial charge is 0.192 e. The molecule has 0 atom stereocenters. The first-order valence-corrected chi connectivity index (χ1v) is 6.23. The van der Waals surface area contributed by atoms with E-state index in [1.165, 1.54) is 23.9 Å². The van der Waals surface area contributed by atoms with E-state index in [2.05, 4.69) is 0 Å². The van der Waals surface area contributed by atoms with Crippen LogP contribution in [0.15, 0.2) is 22.6 Å². The Morgan fingerprint density at radius 1 is 1.06 bits per heavy atom. The maximum atomic E-state index is 11.8. The van der Waals surface area contributed by atoms with Gasteiger partial charge in [-0.05, 0) is 12.0 Å². The van der Waals surface area contributed by atoms with E-state index in [4.69, 9.17) is 0 Å². The number of ketones is 2. The zero-order valence-electron chi connectivity index (χ0n) is 10.5. The van der Waals surface area contributed by atoms with Gasteiger partial charge in [0.1, 0.15) is 0 Å². The molecule has 0 unspecified atom stereocenters. The van der Waals surface area contributed by atoms with Crippen molar-refractivity contribution >= 4 is 23.3 Å². The van der Waals surface area contributed by atoms with Crippen molar-refractivity contribution in [1.29, 1.82) is 0 Å². The van der Waals surface area contributed by atoms with Gasteiger partial charge in [0.25, 0.3) is 0 Å². The van der Waals surface area contributed by atoms with Crippen LogP contribution in [0.5, 0.6) is 0 Å². The Balaban J connectivity index is 2.92. The topological polar surface area (TPSA) is 34.1 Å². The molecule has 0 bridgehead atoms. The first kappa shape index (κ1) is 13.2. The van der Waals surface area contributed by atoms with Crippen LogP contribution in [0.1, 0.15) is 34.6 Å². The van der Waals surface area contributed by atoms with Crippen molar-refractivity contribution in [1.82, 2.24) is 0 Å². The van der Waals surface area contributed by atoms with E-state index in [0.29, 0.717) is 10.5 Å². The van der Waals surface area contributed by atoms with Crippen LogP contribution in [-0.2, 0) is 9.59 Å². The fourth-order valence-electron chi connectivity index (χ4n) is 1.42. The summed E-state index contributed by atoms with van der Waals surface area (Å²) in [6.45, 7) is 9.92. The maximum Gasteiger partial charge on any atom is 0.192 e. The van der Waals surface area contributed by atoms with Crippen molar-refractivity contribution in [2.75, 3.05) is 0 Å². The molecule has 0 fully saturated rings. The summed E-state index contributed by atoms with van der Waals surface area (Å²) in [5.74, 6) is 0.0402. The van der Waals surface area contributed by atoms with E-state index in [9.17, 15) is 9.59 Å². The average Bonchev–Trinajstić information content (AvgIpc) is 2.07. The molecule has 0 spiro atoms. The van der Waals surface area contributed by atoms with Crippen LogP contribution in [0.4, 0.5) is 0 Å². The van der Waals surface area contributed by atoms with Crippen molar-refractivity contribution in [2.45, 2.75) is 39.4 Å². The lowest BCUT2D eigenvalue weighted by Crippen LogP contribution is -2.18. The second-order valence-corrected chi connectivity index (χ2v) is 7.07. The van der Waals surface area contributed by atoms with Crippen LogP contribution in [0.2, 0.25) is 0 Å². The highest BCUT2D eigenvalue weighted by Gasteiger charge is 2.25. The normalized spacial score (nSPS) is 17.6. The number of carbonyl (C=O) groups excluding carboxylic acids is 2. The van der Waals surface area contributed by atoms with Gasteiger partial charge in [-0.25, -0.2) is 0 Å². The maximum absolute atomic E-state index is 11.8. The first-order valence-electron chi connectivity index (χ1n) is 5.41. The molecule has 88 valence electrons. The Hall–Kier alpha value is -0.830. The highest BCUT2D eigenvalue weighted by molar-refractivity contribution is 8.05. The molecular weight excluding hydrogens is 220 g/mol. The van der Waals surface area contributed by atoms with E-state index in [0.717, 1.165) is 0 Å². The van der Waals surface area contributed by atoms with E-state index < -0.39 is 0 Å². The quantitative estimate of drug-likeness (QED) is 0.693. The zero-order valence-corrected chi connectivity index (χ0v) is 11.3. The lowest BCUT2D eigenvalue weighted by Gasteiger charge is -2.21. The van der Waals surface area contributed by atoms with Gasteiger partial charge in [0.15, 0.2) is 11.6 Å². The summed E-state index contributed by atoms with van der Waals surface area (Å²) in [5, 5.41) is 0. The molecule has 0 radical (unpaired) electrons. The minimum Gasteiger partial charge on any atom is -0.290 e. The molecule has 0 N–H and O–H groups in total. The van der Waals surface area contributed by atoms with Crippen LogP contribution in [0, 0.1) is 5.92 Å². The second kappa shape index (κ2) is 4.58. The van der Waals surface area contributed by atoms with Crippen LogP contribution in [0.3, 0.4) is 0 Å². The number of allylic oxidation sites excluding steroid dienone is 4. The third-order valence-electron chi connectivity index (χ3n) is 2.11. The van der Waals surface area contributed by atoms with Gasteiger partial charge in [-0.3, -0.25) is 9.59 Å². The van der Waals surface area contributed by atoms with Gasteiger partial charge in [-0.2, -0.15) is 0 Å². The number of hydrogen-bond donors (Lipinski definition) is 0. The van der Waals surface area contributed by atoms with Gasteiger partial charge in [0, 0.05) is 16.4 Å². The summed E-state index contributed by atoms with van der Waals surface area (Å²) in [7, 11) is 0. The van der Waals surface area contributed by atoms with Crippen molar-refractivity contribution < 1.29 is 9.59 Å². The van der Waals surface area contributed by atoms with Gasteiger partial charge in [-0.1, -0.05) is 34.6 Å². The Morgan fingerprint density at radius 2 is 1.62 bits per heavy atom. The summed E-state index contributed by atoms with van der Waals surface area (Å²) >= 11 is 1.45. The molecule has 0 saturated heterocycles. The van der Waals surface area contributed by atoms with Crippen molar-refractivity contribution in [3.05, 3.63) is 22.6 Å². The monoisotopic (exact) mass is 238 g/mol. The highest BCUT2D eigenvalue weighted by atomic mass is 32.2. The Kier molecular flexibility index (Phi) is 3.79. The fraction of sp³-hybridized carbons (Fsp3) is 0.538. The number of hydrogen-bond acceptors (Lipinski definition) is 3. The molecule has 0 saturated carbocycles. The molecule has 0 aromatic carbocycles. The summed E-state index contributed by atoms with van der Waals surface area (Å²) in [5.41, 5.74) is 0.614. The lowest BCUT2D eigenvalue weighted by molar-refractivity contribution is -0.115. The van der Waals surface area contributed by atoms with Crippen LogP contribution in [0.25, 0.3) is 0 Å². The SMILES string of the molecule is CC(C)C1=CC(=O)C(SC(C)(C)C)=CC1=O. The Labute approximate surface area is 101 Å². The van der Waals surface area contributed by atoms with Crippen molar-refractivity contribution in [2.24, 2.45) is 5.92 Å². The van der Waals surface area contributed by atoms with Gasteiger partial charge in [-0.15, -0.1) is 11.8 Å². The van der Waals surface area contributed by atoms with Crippen LogP contribution >= 0.6 is 11.8 Å². The van der Waals surface area contributed by atoms with Crippen molar-refractivity contribution in [3.63, 3.8) is 0 Å². The molecule has 1 aliphatic carbocycles. The highest BCUT2D eigenvalue weighted by Crippen LogP contribution is 2.34. The van der Waals surface area contributed by atoms with E-state index in [-0.39, 0.29) is 22.2 Å². The molecular formula is C13H18O2S. The van der Waals surface area contributed by atoms with Gasteiger partial charge in [0.05, 0.1) is 4.91 Å². The number of thioether (sulfide) groups is 1. The Morgan fingerprint density at radius 3 is 2.06 bits per heavy atom. The average molecular weight is 238 g/mol. The molecule has 2 nitrogen and oxygen atoms in total. The Bertz CT molecular complexity index is 381. The van der Waals surface area contributed by atoms with E-state index in [1.807, 2.05) is 34.6 Å². The zero-order chi connectivity index (χ0) is 12.5. The molecule has 0 aliphatic heterocycles. The van der Waals surface area contributed by atoms with E-state index >= 15 is 0 Å². The molecule has 1 aliphatic rings. The molecule has 1 rings (SSSR count). The number of carbonyl (C=O) groups is 2. The molecule has 0 heterocycles. The molecule has 16 heavy (non-hydrogen) atoms. The summed E-state index contributed by atoms with van der Waals surface area (Å²) < 4.78 is -0.0506. The molecule has 0 aromatic rings. The summed E-state index contributed by atoms with van der Waals surface area (Å²) in [4.78, 5) is 24.1. The van der Waals surface area contributed by atoms with Gasteiger partial charge < -0.3 is 0 Å². The van der Waals surface area contributed by atoms with E-state index in [1.54, 1.807) is 0 Å². The van der Waals surface area contributed by atoms with Crippen LogP contribution < -0.4 is 0 Å². The standard InChI is InChI=1S/C13H18O2S/c1-8(2)9-6-11(15)12(7-10(9)14)16-13(3,4)5/h6-8H,1-5H3. The minimum absolute atomic E-state index is 0.0265. The summed E-state index contributed by atoms with van der Waals surface area (Å²) in [6, 6.07) is 0. The first-order chi connectivity index (χ1) is 7.20. The van der Waals surface area contributed by atoms with Crippen molar-refractivity contribution in [3.8, 4) is 0 Å². The minimum atomic E-state index is -0.0506. The molecule has 0 amide bonds. The number of rotatable bonds is 2. The van der Waals surface area contributed by atoms with Crippen LogP contribution in [-0.4, -0.2) is 16.3 Å². The lowest BCUT2D eigenvalue weighted by atomic mass is 9.94. The molecule has 3 heteroatoms. The fourth-order valence-corrected chi connectivity index (χ4v) is 2.40. The molecule has 0 aromatic heterocycles. The predicted molar refractivity (Wildman–Crippen MR) is 68.4 cm³/mol. The summed E-state index contributed by atoms with van der Waals surface area (Å²) in [6.07, 6.45) is 2.97. The predicted octanol–water partition coefficient (Wildman–Crippen LogP) is 3.14. The largest absolute Gasteiger partial charge is 0.290 e. The third kappa shape index (κ3) is 3.34. The van der Waals surface area contributed by atoms with Gasteiger partial charge in [0.2, 0.25) is 0 Å².